The lowest BCUT2D eigenvalue weighted by Crippen LogP contribution is -2.24. The van der Waals surface area contributed by atoms with Crippen LogP contribution in [0.15, 0.2) is 48.5 Å². The van der Waals surface area contributed by atoms with Crippen LogP contribution in [0.25, 0.3) is 0 Å². The molecule has 0 aliphatic carbocycles. The van der Waals surface area contributed by atoms with Gasteiger partial charge in [-0.1, -0.05) is 49.2 Å². The Hall–Kier alpha value is -1.84. The molecule has 0 radical (unpaired) electrons. The summed E-state index contributed by atoms with van der Waals surface area (Å²) in [6.45, 7) is 5.43. The SMILES string of the molecule is CC(NCc1ccccc1CO)c1ccc(N2CCCCCC2)cc1. The average molecular weight is 338 g/mol. The number of benzene rings is 2. The molecule has 2 aromatic carbocycles. The van der Waals surface area contributed by atoms with Crippen LogP contribution in [0.2, 0.25) is 0 Å². The Morgan fingerprint density at radius 2 is 1.56 bits per heavy atom. The van der Waals surface area contributed by atoms with E-state index in [1.807, 2.05) is 18.2 Å². The Bertz CT molecular complexity index is 645. The summed E-state index contributed by atoms with van der Waals surface area (Å²) in [4.78, 5) is 2.52. The van der Waals surface area contributed by atoms with Crippen molar-refractivity contribution in [3.63, 3.8) is 0 Å². The van der Waals surface area contributed by atoms with Crippen molar-refractivity contribution in [2.24, 2.45) is 0 Å². The van der Waals surface area contributed by atoms with Gasteiger partial charge in [0, 0.05) is 31.4 Å². The molecule has 0 bridgehead atoms. The first-order chi connectivity index (χ1) is 12.3. The number of aliphatic hydroxyl groups excluding tert-OH is 1. The van der Waals surface area contributed by atoms with Crippen LogP contribution in [0.4, 0.5) is 5.69 Å². The minimum atomic E-state index is 0.0940. The number of nitrogens with one attached hydrogen (secondary N) is 1. The summed E-state index contributed by atoms with van der Waals surface area (Å²) in [6, 6.07) is 17.4. The van der Waals surface area contributed by atoms with Crippen LogP contribution >= 0.6 is 0 Å². The van der Waals surface area contributed by atoms with Gasteiger partial charge in [-0.2, -0.15) is 0 Å². The summed E-state index contributed by atoms with van der Waals surface area (Å²) in [5.74, 6) is 0. The zero-order valence-corrected chi connectivity index (χ0v) is 15.2. The van der Waals surface area contributed by atoms with E-state index in [1.54, 1.807) is 0 Å². The molecule has 1 atom stereocenters. The second-order valence-corrected chi connectivity index (χ2v) is 7.02. The van der Waals surface area contributed by atoms with Gasteiger partial charge in [0.15, 0.2) is 0 Å². The molecule has 3 nitrogen and oxygen atoms in total. The molecule has 0 amide bonds. The molecule has 1 unspecified atom stereocenters. The lowest BCUT2D eigenvalue weighted by Gasteiger charge is -2.23. The second kappa shape index (κ2) is 9.02. The molecule has 134 valence electrons. The van der Waals surface area contributed by atoms with Gasteiger partial charge in [-0.3, -0.25) is 0 Å². The van der Waals surface area contributed by atoms with Crippen molar-refractivity contribution in [2.45, 2.75) is 51.8 Å². The van der Waals surface area contributed by atoms with Gasteiger partial charge in [-0.15, -0.1) is 0 Å². The number of anilines is 1. The molecule has 2 aromatic rings. The molecule has 0 saturated carbocycles. The van der Waals surface area contributed by atoms with E-state index in [1.165, 1.54) is 50.0 Å². The largest absolute Gasteiger partial charge is 0.392 e. The van der Waals surface area contributed by atoms with Gasteiger partial charge in [0.25, 0.3) is 0 Å². The molecule has 1 aliphatic rings. The van der Waals surface area contributed by atoms with Crippen LogP contribution in [0.1, 0.15) is 55.3 Å². The molecule has 2 N–H and O–H groups in total. The number of rotatable bonds is 6. The van der Waals surface area contributed by atoms with Gasteiger partial charge in [-0.05, 0) is 48.6 Å². The van der Waals surface area contributed by atoms with Gasteiger partial charge < -0.3 is 15.3 Å². The van der Waals surface area contributed by atoms with Crippen molar-refractivity contribution in [1.29, 1.82) is 0 Å². The van der Waals surface area contributed by atoms with Crippen molar-refractivity contribution < 1.29 is 5.11 Å². The summed E-state index contributed by atoms with van der Waals surface area (Å²) >= 11 is 0. The first-order valence-electron chi connectivity index (χ1n) is 9.54. The van der Waals surface area contributed by atoms with Gasteiger partial charge in [0.05, 0.1) is 6.61 Å². The quantitative estimate of drug-likeness (QED) is 0.819. The topological polar surface area (TPSA) is 35.5 Å². The molecule has 3 heteroatoms. The summed E-state index contributed by atoms with van der Waals surface area (Å²) in [5.41, 5.74) is 4.82. The maximum atomic E-state index is 9.44. The molecule has 25 heavy (non-hydrogen) atoms. The average Bonchev–Trinajstić information content (AvgIpc) is 2.96. The van der Waals surface area contributed by atoms with Crippen LogP contribution in [0.5, 0.6) is 0 Å². The van der Waals surface area contributed by atoms with Crippen molar-refractivity contribution in [1.82, 2.24) is 5.32 Å². The maximum absolute atomic E-state index is 9.44. The van der Waals surface area contributed by atoms with Crippen molar-refractivity contribution in [2.75, 3.05) is 18.0 Å². The lowest BCUT2D eigenvalue weighted by molar-refractivity contribution is 0.280. The fourth-order valence-corrected chi connectivity index (χ4v) is 3.57. The van der Waals surface area contributed by atoms with Gasteiger partial charge in [-0.25, -0.2) is 0 Å². The highest BCUT2D eigenvalue weighted by atomic mass is 16.3. The first-order valence-corrected chi connectivity index (χ1v) is 9.54. The summed E-state index contributed by atoms with van der Waals surface area (Å²) in [7, 11) is 0. The number of aliphatic hydroxyl groups is 1. The van der Waals surface area contributed by atoms with Gasteiger partial charge >= 0.3 is 0 Å². The molecule has 0 spiro atoms. The highest BCUT2D eigenvalue weighted by Gasteiger charge is 2.11. The van der Waals surface area contributed by atoms with Crippen molar-refractivity contribution in [3.8, 4) is 0 Å². The predicted octanol–water partition coefficient (Wildman–Crippen LogP) is 4.41. The number of hydrogen-bond donors (Lipinski definition) is 2. The Balaban J connectivity index is 1.59. The van der Waals surface area contributed by atoms with E-state index in [-0.39, 0.29) is 12.6 Å². The highest BCUT2D eigenvalue weighted by molar-refractivity contribution is 5.48. The van der Waals surface area contributed by atoms with Gasteiger partial charge in [0.2, 0.25) is 0 Å². The fourth-order valence-electron chi connectivity index (χ4n) is 3.57. The minimum Gasteiger partial charge on any atom is -0.392 e. The van der Waals surface area contributed by atoms with Crippen LogP contribution in [-0.4, -0.2) is 18.2 Å². The van der Waals surface area contributed by atoms with E-state index in [9.17, 15) is 5.11 Å². The van der Waals surface area contributed by atoms with E-state index in [0.717, 1.165) is 17.7 Å². The van der Waals surface area contributed by atoms with Gasteiger partial charge in [0.1, 0.15) is 0 Å². The summed E-state index contributed by atoms with van der Waals surface area (Å²) in [5, 5.41) is 13.0. The molecule has 1 fully saturated rings. The van der Waals surface area contributed by atoms with Crippen molar-refractivity contribution >= 4 is 5.69 Å². The molecule has 0 aromatic heterocycles. The Labute approximate surface area is 151 Å². The lowest BCUT2D eigenvalue weighted by atomic mass is 10.1. The molecule has 1 heterocycles. The zero-order chi connectivity index (χ0) is 17.5. The Kier molecular flexibility index (Phi) is 6.48. The van der Waals surface area contributed by atoms with E-state index >= 15 is 0 Å². The zero-order valence-electron chi connectivity index (χ0n) is 15.2. The van der Waals surface area contributed by atoms with Crippen molar-refractivity contribution in [3.05, 3.63) is 65.2 Å². The normalized spacial score (nSPS) is 16.5. The molecule has 3 rings (SSSR count). The van der Waals surface area contributed by atoms with Crippen LogP contribution in [-0.2, 0) is 13.2 Å². The fraction of sp³-hybridized carbons (Fsp3) is 0.455. The van der Waals surface area contributed by atoms with E-state index in [2.05, 4.69) is 47.5 Å². The van der Waals surface area contributed by atoms with Crippen LogP contribution in [0, 0.1) is 0 Å². The predicted molar refractivity (Wildman–Crippen MR) is 105 cm³/mol. The van der Waals surface area contributed by atoms with E-state index in [4.69, 9.17) is 0 Å². The summed E-state index contributed by atoms with van der Waals surface area (Å²) < 4.78 is 0. The number of nitrogens with zero attached hydrogens (tertiary/aromatic N) is 1. The third-order valence-electron chi connectivity index (χ3n) is 5.25. The monoisotopic (exact) mass is 338 g/mol. The van der Waals surface area contributed by atoms with E-state index in [0.29, 0.717) is 0 Å². The minimum absolute atomic E-state index is 0.0940. The third kappa shape index (κ3) is 4.83. The Morgan fingerprint density at radius 3 is 2.20 bits per heavy atom. The standard InChI is InChI=1S/C22H30N2O/c1-18(23-16-20-8-4-5-9-21(20)17-25)19-10-12-22(13-11-19)24-14-6-2-3-7-15-24/h4-5,8-13,18,23,25H,2-3,6-7,14-17H2,1H3. The smallest absolute Gasteiger partial charge is 0.0685 e. The molecule has 1 saturated heterocycles. The van der Waals surface area contributed by atoms with Crippen LogP contribution < -0.4 is 10.2 Å². The number of hydrogen-bond acceptors (Lipinski definition) is 3. The molecular formula is C22H30N2O. The summed E-state index contributed by atoms with van der Waals surface area (Å²) in [6.07, 6.45) is 5.35. The van der Waals surface area contributed by atoms with E-state index < -0.39 is 0 Å². The van der Waals surface area contributed by atoms with Crippen LogP contribution in [0.3, 0.4) is 0 Å². The maximum Gasteiger partial charge on any atom is 0.0685 e. The molecule has 1 aliphatic heterocycles. The third-order valence-corrected chi connectivity index (χ3v) is 5.25. The first kappa shape index (κ1) is 18.0. The second-order valence-electron chi connectivity index (χ2n) is 7.02. The highest BCUT2D eigenvalue weighted by Crippen LogP contribution is 2.22. The molecular weight excluding hydrogens is 308 g/mol. The Morgan fingerprint density at radius 1 is 0.920 bits per heavy atom.